The van der Waals surface area contributed by atoms with Crippen LogP contribution in [0.4, 0.5) is 0 Å². The predicted octanol–water partition coefficient (Wildman–Crippen LogP) is 2.23. The molecule has 1 heterocycles. The fourth-order valence-corrected chi connectivity index (χ4v) is 3.42. The number of esters is 2. The van der Waals surface area contributed by atoms with E-state index in [1.165, 1.54) is 0 Å². The summed E-state index contributed by atoms with van der Waals surface area (Å²) in [5, 5.41) is 12.3. The molecule has 0 amide bonds. The van der Waals surface area contributed by atoms with Crippen molar-refractivity contribution in [2.75, 3.05) is 13.2 Å². The number of benzene rings is 1. The van der Waals surface area contributed by atoms with Crippen LogP contribution in [0.15, 0.2) is 29.8 Å². The van der Waals surface area contributed by atoms with Gasteiger partial charge in [0.25, 0.3) is 0 Å². The lowest BCUT2D eigenvalue weighted by Gasteiger charge is -2.36. The van der Waals surface area contributed by atoms with Gasteiger partial charge in [0.05, 0.1) is 24.2 Å². The average Bonchev–Trinajstić information content (AvgIpc) is 2.59. The van der Waals surface area contributed by atoms with E-state index in [1.54, 1.807) is 13.8 Å². The zero-order valence-corrected chi connectivity index (χ0v) is 16.6. The summed E-state index contributed by atoms with van der Waals surface area (Å²) in [5.74, 6) is -1.58. The topological polar surface area (TPSA) is 84.9 Å². The minimum absolute atomic E-state index is 0.0788. The van der Waals surface area contributed by atoms with Crippen LogP contribution < -0.4 is 5.32 Å². The molecular weight excluding hydrogens is 346 g/mol. The third kappa shape index (κ3) is 4.96. The van der Waals surface area contributed by atoms with Crippen LogP contribution in [0, 0.1) is 12.8 Å². The lowest BCUT2D eigenvalue weighted by Crippen LogP contribution is -2.50. The number of rotatable bonds is 6. The van der Waals surface area contributed by atoms with Crippen molar-refractivity contribution in [1.82, 2.24) is 5.32 Å². The van der Waals surface area contributed by atoms with E-state index in [9.17, 15) is 9.59 Å². The summed E-state index contributed by atoms with van der Waals surface area (Å²) in [6, 6.07) is 7.19. The summed E-state index contributed by atoms with van der Waals surface area (Å²) in [6.45, 7) is 9.01. The molecule has 1 aliphatic heterocycles. The summed E-state index contributed by atoms with van der Waals surface area (Å²) >= 11 is 0. The van der Waals surface area contributed by atoms with Crippen LogP contribution in [0.2, 0.25) is 0 Å². The van der Waals surface area contributed by atoms with Gasteiger partial charge in [-0.15, -0.1) is 0 Å². The van der Waals surface area contributed by atoms with Gasteiger partial charge in [-0.1, -0.05) is 29.8 Å². The van der Waals surface area contributed by atoms with Gasteiger partial charge >= 0.3 is 11.9 Å². The fourth-order valence-electron chi connectivity index (χ4n) is 3.42. The molecule has 1 aliphatic rings. The predicted molar refractivity (Wildman–Crippen MR) is 103 cm³/mol. The summed E-state index contributed by atoms with van der Waals surface area (Å²) in [5.41, 5.74) is 2.95. The van der Waals surface area contributed by atoms with Crippen LogP contribution in [0.1, 0.15) is 38.8 Å². The van der Waals surface area contributed by atoms with Crippen molar-refractivity contribution in [3.05, 3.63) is 41.0 Å². The molecule has 0 saturated carbocycles. The first-order valence-electron chi connectivity index (χ1n) is 9.31. The lowest BCUT2D eigenvalue weighted by molar-refractivity contribution is -0.148. The lowest BCUT2D eigenvalue weighted by atomic mass is 9.78. The molecule has 3 unspecified atom stereocenters. The molecule has 3 atom stereocenters. The fraction of sp³-hybridized carbons (Fsp3) is 0.524. The van der Waals surface area contributed by atoms with E-state index in [0.29, 0.717) is 11.1 Å². The zero-order valence-electron chi connectivity index (χ0n) is 16.6. The van der Waals surface area contributed by atoms with Crippen LogP contribution in [-0.4, -0.2) is 48.4 Å². The number of aliphatic hydroxyl groups is 1. The second-order valence-electron chi connectivity index (χ2n) is 7.19. The molecular formula is C21H29NO5. The molecule has 148 valence electrons. The number of nitrogens with one attached hydrogen (secondary N) is 1. The highest BCUT2D eigenvalue weighted by Crippen LogP contribution is 2.36. The molecule has 0 aliphatic carbocycles. The van der Waals surface area contributed by atoms with Gasteiger partial charge in [0, 0.05) is 12.1 Å². The van der Waals surface area contributed by atoms with E-state index in [4.69, 9.17) is 14.6 Å². The molecule has 0 saturated heterocycles. The van der Waals surface area contributed by atoms with E-state index in [2.05, 4.69) is 5.32 Å². The van der Waals surface area contributed by atoms with E-state index in [-0.39, 0.29) is 31.4 Å². The van der Waals surface area contributed by atoms with Gasteiger partial charge in [0.1, 0.15) is 6.61 Å². The van der Waals surface area contributed by atoms with E-state index >= 15 is 0 Å². The van der Waals surface area contributed by atoms with E-state index in [0.717, 1.165) is 11.1 Å². The Morgan fingerprint density at radius 3 is 2.37 bits per heavy atom. The molecule has 6 heteroatoms. The Labute approximate surface area is 160 Å². The normalized spacial score (nSPS) is 22.7. The van der Waals surface area contributed by atoms with Crippen molar-refractivity contribution in [2.24, 2.45) is 5.92 Å². The van der Waals surface area contributed by atoms with Gasteiger partial charge in [0.15, 0.2) is 0 Å². The van der Waals surface area contributed by atoms with Crippen molar-refractivity contribution < 1.29 is 24.2 Å². The van der Waals surface area contributed by atoms with Gasteiger partial charge in [-0.25, -0.2) is 4.79 Å². The van der Waals surface area contributed by atoms with Crippen molar-refractivity contribution in [3.63, 3.8) is 0 Å². The highest BCUT2D eigenvalue weighted by Gasteiger charge is 2.41. The molecule has 0 aromatic heterocycles. The SMILES string of the molecule is Cc1ccc(C2=C(C(=O)OC(C)C)C(C)NC(C)C2C(=O)OCCO)cc1. The number of aliphatic hydroxyl groups excluding tert-OH is 1. The number of carbonyl (C=O) groups is 2. The molecule has 0 fully saturated rings. The first kappa shape index (κ1) is 21.1. The number of carbonyl (C=O) groups excluding carboxylic acids is 2. The summed E-state index contributed by atoms with van der Waals surface area (Å²) in [7, 11) is 0. The molecule has 0 bridgehead atoms. The Kier molecular flexibility index (Phi) is 7.16. The maximum Gasteiger partial charge on any atom is 0.336 e. The van der Waals surface area contributed by atoms with E-state index in [1.807, 2.05) is 45.0 Å². The Balaban J connectivity index is 2.61. The summed E-state index contributed by atoms with van der Waals surface area (Å²) in [4.78, 5) is 25.6. The Morgan fingerprint density at radius 2 is 1.81 bits per heavy atom. The number of ether oxygens (including phenoxy) is 2. The van der Waals surface area contributed by atoms with Crippen molar-refractivity contribution >= 4 is 17.5 Å². The molecule has 1 aromatic carbocycles. The Hall–Kier alpha value is -2.18. The molecule has 1 aromatic rings. The van der Waals surface area contributed by atoms with Crippen LogP contribution in [0.25, 0.3) is 5.57 Å². The third-order valence-electron chi connectivity index (χ3n) is 4.56. The smallest absolute Gasteiger partial charge is 0.336 e. The van der Waals surface area contributed by atoms with E-state index < -0.39 is 17.9 Å². The van der Waals surface area contributed by atoms with Gasteiger partial charge < -0.3 is 19.9 Å². The molecule has 2 N–H and O–H groups in total. The van der Waals surface area contributed by atoms with Crippen molar-refractivity contribution in [3.8, 4) is 0 Å². The van der Waals surface area contributed by atoms with Crippen LogP contribution in [-0.2, 0) is 19.1 Å². The summed E-state index contributed by atoms with van der Waals surface area (Å²) in [6.07, 6.45) is -0.268. The molecule has 6 nitrogen and oxygen atoms in total. The molecule has 2 rings (SSSR count). The number of hydrogen-bond acceptors (Lipinski definition) is 6. The Morgan fingerprint density at radius 1 is 1.19 bits per heavy atom. The third-order valence-corrected chi connectivity index (χ3v) is 4.56. The van der Waals surface area contributed by atoms with Crippen LogP contribution in [0.3, 0.4) is 0 Å². The minimum Gasteiger partial charge on any atom is -0.463 e. The standard InChI is InChI=1S/C21H29NO5/c1-12(2)27-21(25)18-15(5)22-14(4)17(20(24)26-11-10-23)19(18)16-8-6-13(3)7-9-16/h6-9,12,14-15,17,22-23H,10-11H2,1-5H3. The highest BCUT2D eigenvalue weighted by molar-refractivity contribution is 6.04. The highest BCUT2D eigenvalue weighted by atomic mass is 16.5. The van der Waals surface area contributed by atoms with Crippen molar-refractivity contribution in [2.45, 2.75) is 52.8 Å². The zero-order chi connectivity index (χ0) is 20.1. The largest absolute Gasteiger partial charge is 0.463 e. The van der Waals surface area contributed by atoms with Gasteiger partial charge in [-0.2, -0.15) is 0 Å². The second-order valence-corrected chi connectivity index (χ2v) is 7.19. The number of hydrogen-bond donors (Lipinski definition) is 2. The molecule has 27 heavy (non-hydrogen) atoms. The summed E-state index contributed by atoms with van der Waals surface area (Å²) < 4.78 is 10.7. The quantitative estimate of drug-likeness (QED) is 0.742. The van der Waals surface area contributed by atoms with Gasteiger partial charge in [0.2, 0.25) is 0 Å². The monoisotopic (exact) mass is 375 g/mol. The molecule has 0 radical (unpaired) electrons. The van der Waals surface area contributed by atoms with Gasteiger partial charge in [-0.05, 0) is 45.8 Å². The first-order chi connectivity index (χ1) is 12.8. The van der Waals surface area contributed by atoms with Gasteiger partial charge in [-0.3, -0.25) is 4.79 Å². The first-order valence-corrected chi connectivity index (χ1v) is 9.31. The second kappa shape index (κ2) is 9.15. The maximum absolute atomic E-state index is 12.8. The maximum atomic E-state index is 12.8. The van der Waals surface area contributed by atoms with Crippen molar-refractivity contribution in [1.29, 1.82) is 0 Å². The number of aryl methyl sites for hydroxylation is 1. The van der Waals surface area contributed by atoms with Crippen LogP contribution >= 0.6 is 0 Å². The average molecular weight is 375 g/mol. The minimum atomic E-state index is -0.676. The Bertz CT molecular complexity index is 708. The molecule has 0 spiro atoms. The van der Waals surface area contributed by atoms with Crippen LogP contribution in [0.5, 0.6) is 0 Å².